The number of rotatable bonds is 6. The lowest BCUT2D eigenvalue weighted by molar-refractivity contribution is -0.137. The first-order chi connectivity index (χ1) is 12.2. The van der Waals surface area contributed by atoms with Crippen molar-refractivity contribution < 1.29 is 27.9 Å². The molecule has 0 aromatic heterocycles. The molecule has 0 spiro atoms. The molecule has 138 valence electrons. The maximum atomic E-state index is 12.7. The fourth-order valence-corrected chi connectivity index (χ4v) is 2.59. The van der Waals surface area contributed by atoms with Crippen LogP contribution in [0.15, 0.2) is 48.5 Å². The first-order valence-corrected chi connectivity index (χ1v) is 7.90. The lowest BCUT2D eigenvalue weighted by Gasteiger charge is -2.18. The van der Waals surface area contributed by atoms with Crippen molar-refractivity contribution in [2.24, 2.45) is 0 Å². The fraction of sp³-hybridized carbons (Fsp3) is 0.263. The largest absolute Gasteiger partial charge is 0.478 e. The van der Waals surface area contributed by atoms with Crippen LogP contribution in [0.25, 0.3) is 0 Å². The summed E-state index contributed by atoms with van der Waals surface area (Å²) in [5, 5.41) is 9.14. The standard InChI is InChI=1S/C19H18F3NO3/c1-23(12-13-5-4-7-15(11-13)19(20,21)22)17(24)10-9-14-6-2-3-8-16(14)18(25)26/h2-8,11H,9-10,12H2,1H3,(H,25,26). The quantitative estimate of drug-likeness (QED) is 0.842. The summed E-state index contributed by atoms with van der Waals surface area (Å²) < 4.78 is 38.2. The summed E-state index contributed by atoms with van der Waals surface area (Å²) >= 11 is 0. The second kappa shape index (κ2) is 8.03. The van der Waals surface area contributed by atoms with Crippen LogP contribution >= 0.6 is 0 Å². The van der Waals surface area contributed by atoms with Crippen molar-refractivity contribution in [2.75, 3.05) is 7.05 Å². The predicted molar refractivity (Wildman–Crippen MR) is 89.6 cm³/mol. The van der Waals surface area contributed by atoms with E-state index in [0.29, 0.717) is 11.1 Å². The van der Waals surface area contributed by atoms with Crippen molar-refractivity contribution >= 4 is 11.9 Å². The van der Waals surface area contributed by atoms with Crippen molar-refractivity contribution in [1.82, 2.24) is 4.90 Å². The van der Waals surface area contributed by atoms with Crippen molar-refractivity contribution in [3.63, 3.8) is 0 Å². The number of hydrogen-bond acceptors (Lipinski definition) is 2. The number of carbonyl (C=O) groups excluding carboxylic acids is 1. The van der Waals surface area contributed by atoms with Crippen molar-refractivity contribution in [2.45, 2.75) is 25.6 Å². The maximum absolute atomic E-state index is 12.7. The Labute approximate surface area is 148 Å². The first-order valence-electron chi connectivity index (χ1n) is 7.90. The minimum absolute atomic E-state index is 0.0450. The third kappa shape index (κ3) is 5.08. The second-order valence-corrected chi connectivity index (χ2v) is 5.91. The topological polar surface area (TPSA) is 57.6 Å². The van der Waals surface area contributed by atoms with E-state index in [4.69, 9.17) is 5.11 Å². The van der Waals surface area contributed by atoms with Gasteiger partial charge in [-0.25, -0.2) is 4.79 Å². The van der Waals surface area contributed by atoms with Crippen molar-refractivity contribution in [3.05, 3.63) is 70.8 Å². The van der Waals surface area contributed by atoms with Crippen LogP contribution in [0.5, 0.6) is 0 Å². The molecule has 0 heterocycles. The average molecular weight is 365 g/mol. The SMILES string of the molecule is CN(Cc1cccc(C(F)(F)F)c1)C(=O)CCc1ccccc1C(=O)O. The van der Waals surface area contributed by atoms with E-state index >= 15 is 0 Å². The number of benzene rings is 2. The van der Waals surface area contributed by atoms with Gasteiger partial charge in [-0.3, -0.25) is 4.79 Å². The number of halogens is 3. The molecule has 26 heavy (non-hydrogen) atoms. The van der Waals surface area contributed by atoms with Gasteiger partial charge in [0.05, 0.1) is 11.1 Å². The smallest absolute Gasteiger partial charge is 0.416 e. The van der Waals surface area contributed by atoms with Crippen LogP contribution in [0, 0.1) is 0 Å². The van der Waals surface area contributed by atoms with Crippen LogP contribution in [0.1, 0.15) is 33.5 Å². The van der Waals surface area contributed by atoms with Crippen LogP contribution in [-0.4, -0.2) is 28.9 Å². The van der Waals surface area contributed by atoms with E-state index in [1.807, 2.05) is 0 Å². The van der Waals surface area contributed by atoms with Gasteiger partial charge in [0.1, 0.15) is 0 Å². The van der Waals surface area contributed by atoms with E-state index < -0.39 is 17.7 Å². The van der Waals surface area contributed by atoms with E-state index in [9.17, 15) is 22.8 Å². The summed E-state index contributed by atoms with van der Waals surface area (Å²) in [6, 6.07) is 11.2. The summed E-state index contributed by atoms with van der Waals surface area (Å²) in [5.41, 5.74) is 0.300. The molecule has 1 N–H and O–H groups in total. The number of aryl methyl sites for hydroxylation is 1. The van der Waals surface area contributed by atoms with Crippen LogP contribution in [0.2, 0.25) is 0 Å². The number of hydrogen-bond donors (Lipinski definition) is 1. The highest BCUT2D eigenvalue weighted by Crippen LogP contribution is 2.29. The molecule has 0 radical (unpaired) electrons. The Morgan fingerprint density at radius 3 is 2.42 bits per heavy atom. The fourth-order valence-electron chi connectivity index (χ4n) is 2.59. The molecule has 0 saturated heterocycles. The zero-order valence-corrected chi connectivity index (χ0v) is 14.1. The number of aromatic carboxylic acids is 1. The summed E-state index contributed by atoms with van der Waals surface area (Å²) in [4.78, 5) is 24.7. The minimum Gasteiger partial charge on any atom is -0.478 e. The lowest BCUT2D eigenvalue weighted by atomic mass is 10.0. The lowest BCUT2D eigenvalue weighted by Crippen LogP contribution is -2.26. The van der Waals surface area contributed by atoms with Gasteiger partial charge < -0.3 is 10.0 Å². The number of nitrogens with zero attached hydrogens (tertiary/aromatic N) is 1. The Morgan fingerprint density at radius 1 is 1.08 bits per heavy atom. The Bertz CT molecular complexity index is 803. The zero-order valence-electron chi connectivity index (χ0n) is 14.1. The van der Waals surface area contributed by atoms with Crippen LogP contribution in [0.3, 0.4) is 0 Å². The van der Waals surface area contributed by atoms with Gasteiger partial charge in [0, 0.05) is 20.0 Å². The molecule has 2 rings (SSSR count). The van der Waals surface area contributed by atoms with Gasteiger partial charge in [0.25, 0.3) is 0 Å². The van der Waals surface area contributed by atoms with Gasteiger partial charge >= 0.3 is 12.1 Å². The molecule has 1 amide bonds. The van der Waals surface area contributed by atoms with E-state index in [0.717, 1.165) is 12.1 Å². The minimum atomic E-state index is -4.43. The zero-order chi connectivity index (χ0) is 19.3. The number of carboxylic acids is 1. The highest BCUT2D eigenvalue weighted by Gasteiger charge is 2.30. The maximum Gasteiger partial charge on any atom is 0.416 e. The van der Waals surface area contributed by atoms with E-state index in [2.05, 4.69) is 0 Å². The highest BCUT2D eigenvalue weighted by atomic mass is 19.4. The summed E-state index contributed by atoms with van der Waals surface area (Å²) in [6.45, 7) is 0.0450. The van der Waals surface area contributed by atoms with Gasteiger partial charge in [0.2, 0.25) is 5.91 Å². The molecule has 0 unspecified atom stereocenters. The monoisotopic (exact) mass is 365 g/mol. The van der Waals surface area contributed by atoms with Crippen LogP contribution in [-0.2, 0) is 23.9 Å². The highest BCUT2D eigenvalue weighted by molar-refractivity contribution is 5.89. The normalized spacial score (nSPS) is 11.2. The van der Waals surface area contributed by atoms with Crippen molar-refractivity contribution in [3.8, 4) is 0 Å². The molecule has 0 atom stereocenters. The molecule has 0 aliphatic rings. The molecule has 2 aromatic carbocycles. The summed E-state index contributed by atoms with van der Waals surface area (Å²) in [5.74, 6) is -1.34. The molecule has 0 fully saturated rings. The third-order valence-electron chi connectivity index (χ3n) is 3.96. The molecule has 2 aromatic rings. The van der Waals surface area contributed by atoms with E-state index in [1.165, 1.54) is 30.1 Å². The molecule has 0 aliphatic heterocycles. The summed E-state index contributed by atoms with van der Waals surface area (Å²) in [7, 11) is 1.51. The van der Waals surface area contributed by atoms with Gasteiger partial charge in [0.15, 0.2) is 0 Å². The predicted octanol–water partition coefficient (Wildman–Crippen LogP) is 3.99. The van der Waals surface area contributed by atoms with Gasteiger partial charge in [-0.15, -0.1) is 0 Å². The Hall–Kier alpha value is -2.83. The van der Waals surface area contributed by atoms with Gasteiger partial charge in [-0.05, 0) is 35.7 Å². The molecular weight excluding hydrogens is 347 g/mol. The van der Waals surface area contributed by atoms with Crippen LogP contribution in [0.4, 0.5) is 13.2 Å². The van der Waals surface area contributed by atoms with Gasteiger partial charge in [-0.2, -0.15) is 13.2 Å². The molecule has 7 heteroatoms. The second-order valence-electron chi connectivity index (χ2n) is 5.91. The average Bonchev–Trinajstić information content (AvgIpc) is 2.59. The Kier molecular flexibility index (Phi) is 6.02. The molecule has 4 nitrogen and oxygen atoms in total. The van der Waals surface area contributed by atoms with E-state index in [-0.39, 0.29) is 30.9 Å². The number of carboxylic acid groups (broad SMARTS) is 1. The first kappa shape index (κ1) is 19.5. The van der Waals surface area contributed by atoms with Crippen molar-refractivity contribution in [1.29, 1.82) is 0 Å². The third-order valence-corrected chi connectivity index (χ3v) is 3.96. The van der Waals surface area contributed by atoms with E-state index in [1.54, 1.807) is 18.2 Å². The Morgan fingerprint density at radius 2 is 1.77 bits per heavy atom. The molecular formula is C19H18F3NO3. The number of carbonyl (C=O) groups is 2. The van der Waals surface area contributed by atoms with Crippen LogP contribution < -0.4 is 0 Å². The number of amides is 1. The molecule has 0 aliphatic carbocycles. The van der Waals surface area contributed by atoms with Gasteiger partial charge in [-0.1, -0.05) is 30.3 Å². The molecule has 0 bridgehead atoms. The Balaban J connectivity index is 2.00. The molecule has 0 saturated carbocycles. The number of alkyl halides is 3. The summed E-state index contributed by atoms with van der Waals surface area (Å²) in [6.07, 6.45) is -4.12.